The van der Waals surface area contributed by atoms with Crippen molar-refractivity contribution in [2.45, 2.75) is 33.1 Å². The zero-order valence-corrected chi connectivity index (χ0v) is 12.1. The van der Waals surface area contributed by atoms with Crippen molar-refractivity contribution >= 4 is 5.69 Å². The third kappa shape index (κ3) is 4.20. The van der Waals surface area contributed by atoms with Crippen LogP contribution in [0, 0.1) is 11.2 Å². The van der Waals surface area contributed by atoms with Crippen LogP contribution in [0.4, 0.5) is 10.1 Å². The van der Waals surface area contributed by atoms with Gasteiger partial charge in [0.05, 0.1) is 0 Å². The van der Waals surface area contributed by atoms with E-state index >= 15 is 0 Å². The largest absolute Gasteiger partial charge is 0.384 e. The van der Waals surface area contributed by atoms with Gasteiger partial charge in [-0.2, -0.15) is 0 Å². The minimum absolute atomic E-state index is 0.179. The number of benzene rings is 1. The van der Waals surface area contributed by atoms with Crippen LogP contribution in [0.3, 0.4) is 0 Å². The van der Waals surface area contributed by atoms with Gasteiger partial charge in [0, 0.05) is 18.8 Å². The molecule has 1 aromatic carbocycles. The normalized spacial score (nSPS) is 19.3. The summed E-state index contributed by atoms with van der Waals surface area (Å²) >= 11 is 0. The number of hydrogen-bond donors (Lipinski definition) is 1. The fourth-order valence-corrected chi connectivity index (χ4v) is 2.63. The fraction of sp³-hybridized carbons (Fsp3) is 0.625. The quantitative estimate of drug-likeness (QED) is 0.871. The maximum absolute atomic E-state index is 13.0. The molecule has 0 saturated carbocycles. The Morgan fingerprint density at radius 1 is 1.32 bits per heavy atom. The molecule has 0 radical (unpaired) electrons. The van der Waals surface area contributed by atoms with E-state index in [0.29, 0.717) is 5.41 Å². The molecule has 0 atom stereocenters. The van der Waals surface area contributed by atoms with Crippen molar-refractivity contribution in [2.75, 3.05) is 31.5 Å². The molecule has 0 unspecified atom stereocenters. The highest BCUT2D eigenvalue weighted by Crippen LogP contribution is 2.33. The van der Waals surface area contributed by atoms with Gasteiger partial charge in [-0.3, -0.25) is 0 Å². The molecule has 1 saturated heterocycles. The van der Waals surface area contributed by atoms with Crippen LogP contribution < -0.4 is 5.32 Å². The number of nitrogens with zero attached hydrogens (tertiary/aromatic N) is 1. The topological polar surface area (TPSA) is 15.3 Å². The Kier molecular flexibility index (Phi) is 4.81. The highest BCUT2D eigenvalue weighted by atomic mass is 19.1. The van der Waals surface area contributed by atoms with Crippen molar-refractivity contribution in [3.05, 3.63) is 30.1 Å². The summed E-state index contributed by atoms with van der Waals surface area (Å²) in [4.78, 5) is 2.50. The van der Waals surface area contributed by atoms with Gasteiger partial charge in [-0.15, -0.1) is 0 Å². The minimum Gasteiger partial charge on any atom is -0.384 e. The molecule has 1 aliphatic heterocycles. The number of anilines is 1. The van der Waals surface area contributed by atoms with Crippen LogP contribution in [0.1, 0.15) is 33.1 Å². The van der Waals surface area contributed by atoms with Gasteiger partial charge in [0.25, 0.3) is 0 Å². The summed E-state index contributed by atoms with van der Waals surface area (Å²) in [6, 6.07) is 6.67. The summed E-state index contributed by atoms with van der Waals surface area (Å²) in [6.07, 6.45) is 3.87. The second kappa shape index (κ2) is 6.38. The van der Waals surface area contributed by atoms with Crippen molar-refractivity contribution in [1.29, 1.82) is 0 Å². The first-order chi connectivity index (χ1) is 9.11. The molecule has 19 heavy (non-hydrogen) atoms. The molecule has 0 aliphatic carbocycles. The van der Waals surface area contributed by atoms with Gasteiger partial charge in [-0.25, -0.2) is 4.39 Å². The minimum atomic E-state index is -0.179. The summed E-state index contributed by atoms with van der Waals surface area (Å²) in [5.74, 6) is -0.179. The molecule has 1 aromatic rings. The van der Waals surface area contributed by atoms with Crippen LogP contribution in [0.5, 0.6) is 0 Å². The van der Waals surface area contributed by atoms with E-state index in [1.165, 1.54) is 38.4 Å². The Bertz CT molecular complexity index is 397. The smallest absolute Gasteiger partial charge is 0.125 e. The van der Waals surface area contributed by atoms with E-state index in [-0.39, 0.29) is 5.82 Å². The predicted molar refractivity (Wildman–Crippen MR) is 79.0 cm³/mol. The maximum Gasteiger partial charge on any atom is 0.125 e. The predicted octanol–water partition coefficient (Wildman–Crippen LogP) is 3.75. The first-order valence-electron chi connectivity index (χ1n) is 7.33. The SMILES string of the molecule is CCC1(C)CCN(CCNc2cccc(F)c2)CC1. The van der Waals surface area contributed by atoms with Gasteiger partial charge < -0.3 is 10.2 Å². The van der Waals surface area contributed by atoms with E-state index in [4.69, 9.17) is 0 Å². The molecule has 1 N–H and O–H groups in total. The zero-order valence-electron chi connectivity index (χ0n) is 12.1. The Labute approximate surface area is 116 Å². The lowest BCUT2D eigenvalue weighted by molar-refractivity contribution is 0.118. The molecule has 0 aromatic heterocycles. The average Bonchev–Trinajstić information content (AvgIpc) is 2.41. The van der Waals surface area contributed by atoms with E-state index in [1.54, 1.807) is 12.1 Å². The van der Waals surface area contributed by atoms with Crippen molar-refractivity contribution in [2.24, 2.45) is 5.41 Å². The molecule has 106 valence electrons. The number of likely N-dealkylation sites (tertiary alicyclic amines) is 1. The van der Waals surface area contributed by atoms with E-state index in [2.05, 4.69) is 24.1 Å². The number of nitrogens with one attached hydrogen (secondary N) is 1. The lowest BCUT2D eigenvalue weighted by atomic mass is 9.78. The fourth-order valence-electron chi connectivity index (χ4n) is 2.63. The molecule has 1 heterocycles. The van der Waals surface area contributed by atoms with Crippen molar-refractivity contribution in [1.82, 2.24) is 4.90 Å². The molecular formula is C16H25FN2. The average molecular weight is 264 g/mol. The lowest BCUT2D eigenvalue weighted by Crippen LogP contribution is -2.40. The number of piperidine rings is 1. The van der Waals surface area contributed by atoms with E-state index in [1.807, 2.05) is 6.07 Å². The summed E-state index contributed by atoms with van der Waals surface area (Å²) in [6.45, 7) is 8.99. The highest BCUT2D eigenvalue weighted by molar-refractivity contribution is 5.42. The monoisotopic (exact) mass is 264 g/mol. The molecule has 1 aliphatic rings. The molecule has 0 amide bonds. The van der Waals surface area contributed by atoms with Crippen LogP contribution >= 0.6 is 0 Å². The van der Waals surface area contributed by atoms with Gasteiger partial charge >= 0.3 is 0 Å². The van der Waals surface area contributed by atoms with Gasteiger partial charge in [0.1, 0.15) is 5.82 Å². The molecule has 2 nitrogen and oxygen atoms in total. The van der Waals surface area contributed by atoms with Crippen molar-refractivity contribution < 1.29 is 4.39 Å². The van der Waals surface area contributed by atoms with E-state index < -0.39 is 0 Å². The van der Waals surface area contributed by atoms with Crippen LogP contribution in [0.2, 0.25) is 0 Å². The van der Waals surface area contributed by atoms with Crippen molar-refractivity contribution in [3.63, 3.8) is 0 Å². The molecule has 0 spiro atoms. The second-order valence-electron chi connectivity index (χ2n) is 5.94. The Hall–Kier alpha value is -1.09. The first-order valence-corrected chi connectivity index (χ1v) is 7.33. The van der Waals surface area contributed by atoms with Gasteiger partial charge in [0.15, 0.2) is 0 Å². The number of hydrogen-bond acceptors (Lipinski definition) is 2. The van der Waals surface area contributed by atoms with Crippen LogP contribution in [-0.2, 0) is 0 Å². The summed E-state index contributed by atoms with van der Waals surface area (Å²) in [5.41, 5.74) is 1.42. The summed E-state index contributed by atoms with van der Waals surface area (Å²) < 4.78 is 13.0. The molecule has 2 rings (SSSR count). The van der Waals surface area contributed by atoms with Crippen LogP contribution in [0.15, 0.2) is 24.3 Å². The van der Waals surface area contributed by atoms with E-state index in [0.717, 1.165) is 18.8 Å². The van der Waals surface area contributed by atoms with Gasteiger partial charge in [-0.1, -0.05) is 26.3 Å². The van der Waals surface area contributed by atoms with E-state index in [9.17, 15) is 4.39 Å². The maximum atomic E-state index is 13.0. The third-order valence-corrected chi connectivity index (χ3v) is 4.50. The third-order valence-electron chi connectivity index (χ3n) is 4.50. The number of rotatable bonds is 5. The van der Waals surface area contributed by atoms with Crippen LogP contribution in [-0.4, -0.2) is 31.1 Å². The van der Waals surface area contributed by atoms with Crippen LogP contribution in [0.25, 0.3) is 0 Å². The molecule has 1 fully saturated rings. The Balaban J connectivity index is 1.70. The molecule has 0 bridgehead atoms. The Morgan fingerprint density at radius 3 is 2.68 bits per heavy atom. The molecule has 3 heteroatoms. The first kappa shape index (κ1) is 14.3. The summed E-state index contributed by atoms with van der Waals surface area (Å²) in [7, 11) is 0. The summed E-state index contributed by atoms with van der Waals surface area (Å²) in [5, 5.41) is 3.29. The van der Waals surface area contributed by atoms with Gasteiger partial charge in [-0.05, 0) is 49.5 Å². The molecular weight excluding hydrogens is 239 g/mol. The highest BCUT2D eigenvalue weighted by Gasteiger charge is 2.27. The Morgan fingerprint density at radius 2 is 2.05 bits per heavy atom. The van der Waals surface area contributed by atoms with Gasteiger partial charge in [0.2, 0.25) is 0 Å². The second-order valence-corrected chi connectivity index (χ2v) is 5.94. The standard InChI is InChI=1S/C16H25FN2/c1-3-16(2)7-10-19(11-8-16)12-9-18-15-6-4-5-14(17)13-15/h4-6,13,18H,3,7-12H2,1-2H3. The van der Waals surface area contributed by atoms with Crippen molar-refractivity contribution in [3.8, 4) is 0 Å². The lowest BCUT2D eigenvalue weighted by Gasteiger charge is -2.39. The number of halogens is 1. The zero-order chi connectivity index (χ0) is 13.7.